The molecule has 0 unspecified atom stereocenters. The van der Waals surface area contributed by atoms with Gasteiger partial charge in [-0.25, -0.2) is 4.79 Å². The second kappa shape index (κ2) is 5.66. The maximum atomic E-state index is 11.3. The fourth-order valence-electron chi connectivity index (χ4n) is 1.09. The average molecular weight is 203 g/mol. The second-order valence-corrected chi connectivity index (χ2v) is 3.04. The highest BCUT2D eigenvalue weighted by atomic mass is 16.2. The van der Waals surface area contributed by atoms with E-state index in [1.54, 1.807) is 24.3 Å². The highest BCUT2D eigenvalue weighted by Crippen LogP contribution is 2.12. The molecule has 1 rings (SSSR count). The summed E-state index contributed by atoms with van der Waals surface area (Å²) in [4.78, 5) is 11.3. The van der Waals surface area contributed by atoms with E-state index in [2.05, 4.69) is 10.6 Å². The van der Waals surface area contributed by atoms with Crippen molar-refractivity contribution in [2.75, 3.05) is 11.9 Å². The van der Waals surface area contributed by atoms with Gasteiger partial charge in [-0.15, -0.1) is 0 Å². The molecule has 0 bridgehead atoms. The summed E-state index contributed by atoms with van der Waals surface area (Å²) in [5.41, 5.74) is 0.998. The van der Waals surface area contributed by atoms with E-state index in [1.807, 2.05) is 13.0 Å². The van der Waals surface area contributed by atoms with Gasteiger partial charge in [0.1, 0.15) is 6.07 Å². The van der Waals surface area contributed by atoms with E-state index in [9.17, 15) is 4.79 Å². The molecule has 2 amide bonds. The number of nitriles is 1. The van der Waals surface area contributed by atoms with E-state index in [0.717, 1.165) is 6.42 Å². The Morgan fingerprint density at radius 2 is 2.20 bits per heavy atom. The summed E-state index contributed by atoms with van der Waals surface area (Å²) in [7, 11) is 0. The van der Waals surface area contributed by atoms with Gasteiger partial charge < -0.3 is 10.6 Å². The minimum Gasteiger partial charge on any atom is -0.338 e. The van der Waals surface area contributed by atoms with Crippen LogP contribution in [0.3, 0.4) is 0 Å². The monoisotopic (exact) mass is 203 g/mol. The largest absolute Gasteiger partial charge is 0.338 e. The third-order valence-corrected chi connectivity index (χ3v) is 1.83. The summed E-state index contributed by atoms with van der Waals surface area (Å²) in [6.45, 7) is 2.60. The van der Waals surface area contributed by atoms with Crippen molar-refractivity contribution in [2.45, 2.75) is 13.3 Å². The first kappa shape index (κ1) is 11.1. The maximum Gasteiger partial charge on any atom is 0.319 e. The molecule has 4 nitrogen and oxygen atoms in total. The molecule has 0 aliphatic rings. The number of hydrogen-bond acceptors (Lipinski definition) is 2. The molecule has 2 N–H and O–H groups in total. The molecule has 0 radical (unpaired) electrons. The van der Waals surface area contributed by atoms with Crippen molar-refractivity contribution in [1.29, 1.82) is 5.26 Å². The predicted octanol–water partition coefficient (Wildman–Crippen LogP) is 2.09. The fourth-order valence-corrected chi connectivity index (χ4v) is 1.09. The van der Waals surface area contributed by atoms with Crippen LogP contribution in [0.25, 0.3) is 0 Å². The van der Waals surface area contributed by atoms with Crippen molar-refractivity contribution in [3.63, 3.8) is 0 Å². The van der Waals surface area contributed by atoms with Crippen LogP contribution in [0.2, 0.25) is 0 Å². The lowest BCUT2D eigenvalue weighted by Crippen LogP contribution is -2.29. The summed E-state index contributed by atoms with van der Waals surface area (Å²) in [5.74, 6) is 0. The zero-order chi connectivity index (χ0) is 11.1. The molecular weight excluding hydrogens is 190 g/mol. The SMILES string of the molecule is CCCNC(=O)Nc1ccccc1C#N. The topological polar surface area (TPSA) is 64.9 Å². The molecule has 4 heteroatoms. The fraction of sp³-hybridized carbons (Fsp3) is 0.273. The van der Waals surface area contributed by atoms with Crippen molar-refractivity contribution in [3.05, 3.63) is 29.8 Å². The smallest absolute Gasteiger partial charge is 0.319 e. The molecule has 0 saturated heterocycles. The molecule has 1 aromatic carbocycles. The van der Waals surface area contributed by atoms with Crippen LogP contribution < -0.4 is 10.6 Å². The number of hydrogen-bond donors (Lipinski definition) is 2. The number of nitrogens with zero attached hydrogens (tertiary/aromatic N) is 1. The Labute approximate surface area is 88.9 Å². The van der Waals surface area contributed by atoms with Crippen LogP contribution in [-0.4, -0.2) is 12.6 Å². The van der Waals surface area contributed by atoms with Crippen LogP contribution in [0.4, 0.5) is 10.5 Å². The van der Waals surface area contributed by atoms with Crippen molar-refractivity contribution >= 4 is 11.7 Å². The van der Waals surface area contributed by atoms with Gasteiger partial charge in [0.05, 0.1) is 11.3 Å². The van der Waals surface area contributed by atoms with Gasteiger partial charge in [-0.3, -0.25) is 0 Å². The molecule has 0 aliphatic carbocycles. The number of rotatable bonds is 3. The van der Waals surface area contributed by atoms with E-state index < -0.39 is 0 Å². The zero-order valence-electron chi connectivity index (χ0n) is 8.58. The number of carbonyl (C=O) groups is 1. The zero-order valence-corrected chi connectivity index (χ0v) is 8.58. The Morgan fingerprint density at radius 1 is 1.47 bits per heavy atom. The van der Waals surface area contributed by atoms with Crippen LogP contribution in [0.5, 0.6) is 0 Å². The van der Waals surface area contributed by atoms with Crippen LogP contribution in [0.15, 0.2) is 24.3 Å². The first-order valence-corrected chi connectivity index (χ1v) is 4.82. The molecule has 0 aliphatic heterocycles. The Hall–Kier alpha value is -2.02. The molecule has 0 spiro atoms. The number of amides is 2. The van der Waals surface area contributed by atoms with Crippen LogP contribution in [0, 0.1) is 11.3 Å². The molecule has 78 valence electrons. The van der Waals surface area contributed by atoms with Gasteiger partial charge in [-0.1, -0.05) is 19.1 Å². The van der Waals surface area contributed by atoms with Gasteiger partial charge >= 0.3 is 6.03 Å². The van der Waals surface area contributed by atoms with Crippen LogP contribution in [-0.2, 0) is 0 Å². The van der Waals surface area contributed by atoms with Crippen molar-refractivity contribution in [1.82, 2.24) is 5.32 Å². The van der Waals surface area contributed by atoms with E-state index in [0.29, 0.717) is 17.8 Å². The number of anilines is 1. The maximum absolute atomic E-state index is 11.3. The van der Waals surface area contributed by atoms with Gasteiger partial charge in [0, 0.05) is 6.54 Å². The Morgan fingerprint density at radius 3 is 2.87 bits per heavy atom. The molecule has 0 aromatic heterocycles. The first-order chi connectivity index (χ1) is 7.27. The molecular formula is C11H13N3O. The van der Waals surface area contributed by atoms with E-state index in [4.69, 9.17) is 5.26 Å². The van der Waals surface area contributed by atoms with Crippen molar-refractivity contribution in [3.8, 4) is 6.07 Å². The highest BCUT2D eigenvalue weighted by Gasteiger charge is 2.04. The average Bonchev–Trinajstić information content (AvgIpc) is 2.27. The van der Waals surface area contributed by atoms with E-state index in [1.165, 1.54) is 0 Å². The summed E-state index contributed by atoms with van der Waals surface area (Å²) >= 11 is 0. The van der Waals surface area contributed by atoms with Crippen LogP contribution >= 0.6 is 0 Å². The Balaban J connectivity index is 2.64. The van der Waals surface area contributed by atoms with Gasteiger partial charge in [-0.05, 0) is 18.6 Å². The van der Waals surface area contributed by atoms with Gasteiger partial charge in [0.15, 0.2) is 0 Å². The minimum atomic E-state index is -0.278. The lowest BCUT2D eigenvalue weighted by Gasteiger charge is -2.07. The molecule has 0 atom stereocenters. The third kappa shape index (κ3) is 3.31. The second-order valence-electron chi connectivity index (χ2n) is 3.04. The summed E-state index contributed by atoms with van der Waals surface area (Å²) in [5, 5.41) is 14.1. The van der Waals surface area contributed by atoms with Crippen molar-refractivity contribution < 1.29 is 4.79 Å². The van der Waals surface area contributed by atoms with E-state index >= 15 is 0 Å². The first-order valence-electron chi connectivity index (χ1n) is 4.82. The molecule has 1 aromatic rings. The normalized spacial score (nSPS) is 9.07. The predicted molar refractivity (Wildman–Crippen MR) is 58.5 cm³/mol. The van der Waals surface area contributed by atoms with Crippen LogP contribution in [0.1, 0.15) is 18.9 Å². The molecule has 15 heavy (non-hydrogen) atoms. The number of para-hydroxylation sites is 1. The third-order valence-electron chi connectivity index (χ3n) is 1.83. The van der Waals surface area contributed by atoms with Crippen molar-refractivity contribution in [2.24, 2.45) is 0 Å². The molecule has 0 fully saturated rings. The summed E-state index contributed by atoms with van der Waals surface area (Å²) < 4.78 is 0. The quantitative estimate of drug-likeness (QED) is 0.790. The lowest BCUT2D eigenvalue weighted by atomic mass is 10.2. The number of nitrogens with one attached hydrogen (secondary N) is 2. The summed E-state index contributed by atoms with van der Waals surface area (Å²) in [6, 6.07) is 8.63. The van der Waals surface area contributed by atoms with Gasteiger partial charge in [0.25, 0.3) is 0 Å². The Bertz CT molecular complexity index is 382. The number of carbonyl (C=O) groups excluding carboxylic acids is 1. The van der Waals surface area contributed by atoms with Gasteiger partial charge in [-0.2, -0.15) is 5.26 Å². The molecule has 0 saturated carbocycles. The standard InChI is InChI=1S/C11H13N3O/c1-2-7-13-11(15)14-10-6-4-3-5-9(10)8-12/h3-6H,2,7H2,1H3,(H2,13,14,15). The Kier molecular flexibility index (Phi) is 4.17. The number of urea groups is 1. The van der Waals surface area contributed by atoms with E-state index in [-0.39, 0.29) is 6.03 Å². The number of benzene rings is 1. The summed E-state index contributed by atoms with van der Waals surface area (Å²) in [6.07, 6.45) is 0.882. The highest BCUT2D eigenvalue weighted by molar-refractivity contribution is 5.90. The van der Waals surface area contributed by atoms with Gasteiger partial charge in [0.2, 0.25) is 0 Å². The lowest BCUT2D eigenvalue weighted by molar-refractivity contribution is 0.252. The minimum absolute atomic E-state index is 0.278. The molecule has 0 heterocycles.